The van der Waals surface area contributed by atoms with Gasteiger partial charge in [-0.05, 0) is 45.2 Å². The predicted molar refractivity (Wildman–Crippen MR) is 122 cm³/mol. The van der Waals surface area contributed by atoms with Crippen molar-refractivity contribution >= 4 is 23.6 Å². The molecule has 5 heteroatoms. The van der Waals surface area contributed by atoms with E-state index in [4.69, 9.17) is 0 Å². The molecule has 0 bridgehead atoms. The minimum absolute atomic E-state index is 0.00412. The van der Waals surface area contributed by atoms with Crippen molar-refractivity contribution in [1.82, 2.24) is 10.2 Å². The van der Waals surface area contributed by atoms with Gasteiger partial charge in [-0.2, -0.15) is 0 Å². The van der Waals surface area contributed by atoms with E-state index in [1.807, 2.05) is 51.1 Å². The van der Waals surface area contributed by atoms with Crippen molar-refractivity contribution < 1.29 is 9.59 Å². The maximum absolute atomic E-state index is 13.0. The van der Waals surface area contributed by atoms with Crippen LogP contribution in [0.4, 0.5) is 0 Å². The maximum Gasteiger partial charge on any atom is 0.242 e. The molecule has 0 heterocycles. The molecule has 29 heavy (non-hydrogen) atoms. The molecule has 2 aromatic carbocycles. The van der Waals surface area contributed by atoms with Crippen LogP contribution in [0.3, 0.4) is 0 Å². The molecule has 0 aliphatic carbocycles. The summed E-state index contributed by atoms with van der Waals surface area (Å²) >= 11 is 1.59. The van der Waals surface area contributed by atoms with E-state index in [2.05, 4.69) is 36.5 Å². The Morgan fingerprint density at radius 1 is 0.966 bits per heavy atom. The number of carbonyl (C=O) groups is 2. The molecule has 0 spiro atoms. The van der Waals surface area contributed by atoms with Gasteiger partial charge in [-0.25, -0.2) is 0 Å². The van der Waals surface area contributed by atoms with E-state index in [0.717, 1.165) is 17.7 Å². The van der Waals surface area contributed by atoms with Gasteiger partial charge >= 0.3 is 0 Å². The number of aryl methyl sites for hydroxylation is 1. The molecule has 0 aliphatic heterocycles. The van der Waals surface area contributed by atoms with Crippen LogP contribution in [0, 0.1) is 6.92 Å². The fraction of sp³-hybridized carbons (Fsp3) is 0.417. The third kappa shape index (κ3) is 7.94. The van der Waals surface area contributed by atoms with Crippen LogP contribution >= 0.6 is 11.8 Å². The second-order valence-corrected chi connectivity index (χ2v) is 8.63. The highest BCUT2D eigenvalue weighted by atomic mass is 32.2. The van der Waals surface area contributed by atoms with Crippen LogP contribution in [0.2, 0.25) is 0 Å². The Morgan fingerprint density at radius 3 is 2.24 bits per heavy atom. The third-order valence-corrected chi connectivity index (χ3v) is 5.69. The van der Waals surface area contributed by atoms with E-state index in [1.54, 1.807) is 16.7 Å². The fourth-order valence-corrected chi connectivity index (χ4v) is 3.87. The summed E-state index contributed by atoms with van der Waals surface area (Å²) in [4.78, 5) is 27.2. The summed E-state index contributed by atoms with van der Waals surface area (Å²) < 4.78 is 0. The fourth-order valence-electron chi connectivity index (χ4n) is 3.00. The normalized spacial score (nSPS) is 11.9. The number of nitrogens with one attached hydrogen (secondary N) is 1. The van der Waals surface area contributed by atoms with E-state index < -0.39 is 6.04 Å². The summed E-state index contributed by atoms with van der Waals surface area (Å²) in [6, 6.07) is 18.0. The first kappa shape index (κ1) is 23.0. The van der Waals surface area contributed by atoms with Crippen molar-refractivity contribution in [3.05, 3.63) is 71.3 Å². The molecule has 0 saturated carbocycles. The number of benzene rings is 2. The minimum Gasteiger partial charge on any atom is -0.352 e. The zero-order valence-electron chi connectivity index (χ0n) is 17.9. The van der Waals surface area contributed by atoms with Crippen molar-refractivity contribution in [3.8, 4) is 0 Å². The van der Waals surface area contributed by atoms with Crippen molar-refractivity contribution in [2.45, 2.75) is 52.0 Å². The Kier molecular flexibility index (Phi) is 9.26. The summed E-state index contributed by atoms with van der Waals surface area (Å²) in [6.45, 7) is 8.26. The summed E-state index contributed by atoms with van der Waals surface area (Å²) in [7, 11) is 0. The van der Waals surface area contributed by atoms with Gasteiger partial charge in [0.1, 0.15) is 6.04 Å². The number of amides is 2. The molecule has 1 N–H and O–H groups in total. The zero-order valence-corrected chi connectivity index (χ0v) is 18.7. The lowest BCUT2D eigenvalue weighted by atomic mass is 10.1. The van der Waals surface area contributed by atoms with E-state index in [9.17, 15) is 9.59 Å². The molecular formula is C24H32N2O2S. The first-order valence-corrected chi connectivity index (χ1v) is 11.3. The first-order chi connectivity index (χ1) is 13.9. The van der Waals surface area contributed by atoms with Crippen LogP contribution in [-0.2, 0) is 21.8 Å². The highest BCUT2D eigenvalue weighted by Crippen LogP contribution is 2.15. The van der Waals surface area contributed by atoms with Crippen molar-refractivity contribution in [3.63, 3.8) is 0 Å². The number of hydrogen-bond donors (Lipinski definition) is 1. The molecule has 1 atom stereocenters. The largest absolute Gasteiger partial charge is 0.352 e. The monoisotopic (exact) mass is 412 g/mol. The lowest BCUT2D eigenvalue weighted by Crippen LogP contribution is -2.50. The van der Waals surface area contributed by atoms with Crippen LogP contribution in [-0.4, -0.2) is 41.1 Å². The smallest absolute Gasteiger partial charge is 0.242 e. The van der Waals surface area contributed by atoms with Crippen LogP contribution in [0.25, 0.3) is 0 Å². The topological polar surface area (TPSA) is 49.4 Å². The van der Waals surface area contributed by atoms with Gasteiger partial charge in [-0.15, -0.1) is 11.8 Å². The molecular weight excluding hydrogens is 380 g/mol. The van der Waals surface area contributed by atoms with Gasteiger partial charge in [0, 0.05) is 18.3 Å². The molecule has 0 aliphatic rings. The zero-order chi connectivity index (χ0) is 21.2. The maximum atomic E-state index is 13.0. The highest BCUT2D eigenvalue weighted by molar-refractivity contribution is 7.99. The van der Waals surface area contributed by atoms with Gasteiger partial charge in [-0.1, -0.05) is 60.2 Å². The number of rotatable bonds is 10. The lowest BCUT2D eigenvalue weighted by Gasteiger charge is -2.29. The molecule has 2 amide bonds. The Balaban J connectivity index is 1.98. The van der Waals surface area contributed by atoms with Crippen LogP contribution in [0.5, 0.6) is 0 Å². The predicted octanol–water partition coefficient (Wildman–Crippen LogP) is 4.21. The Labute approximate surface area is 179 Å². The quantitative estimate of drug-likeness (QED) is 0.636. The van der Waals surface area contributed by atoms with Crippen molar-refractivity contribution in [1.29, 1.82) is 0 Å². The molecule has 0 aromatic heterocycles. The van der Waals surface area contributed by atoms with Gasteiger partial charge in [-0.3, -0.25) is 9.59 Å². The van der Waals surface area contributed by atoms with Crippen molar-refractivity contribution in [2.75, 3.05) is 12.3 Å². The molecule has 0 unspecified atom stereocenters. The van der Waals surface area contributed by atoms with Gasteiger partial charge in [0.05, 0.1) is 5.75 Å². The highest BCUT2D eigenvalue weighted by Gasteiger charge is 2.25. The van der Waals surface area contributed by atoms with Crippen LogP contribution in [0.1, 0.15) is 37.5 Å². The average molecular weight is 413 g/mol. The summed E-state index contributed by atoms with van der Waals surface area (Å²) in [5, 5.41) is 2.92. The molecule has 2 aromatic rings. The average Bonchev–Trinajstić information content (AvgIpc) is 2.69. The Hall–Kier alpha value is -2.27. The third-order valence-electron chi connectivity index (χ3n) is 4.70. The van der Waals surface area contributed by atoms with Gasteiger partial charge in [0.2, 0.25) is 11.8 Å². The van der Waals surface area contributed by atoms with Crippen LogP contribution in [0.15, 0.2) is 54.6 Å². The molecule has 4 nitrogen and oxygen atoms in total. The van der Waals surface area contributed by atoms with Crippen molar-refractivity contribution in [2.24, 2.45) is 0 Å². The molecule has 0 fully saturated rings. The SMILES string of the molecule is Cc1ccc(CSCC(=O)N(CCc2ccccc2)[C@@H](C)C(=O)NC(C)C)cc1. The molecule has 2 rings (SSSR count). The lowest BCUT2D eigenvalue weighted by molar-refractivity contribution is -0.138. The number of carbonyl (C=O) groups excluding carboxylic acids is 2. The van der Waals surface area contributed by atoms with E-state index in [1.165, 1.54) is 11.1 Å². The number of thioether (sulfide) groups is 1. The van der Waals surface area contributed by atoms with Crippen LogP contribution < -0.4 is 5.32 Å². The Bertz CT molecular complexity index is 775. The Morgan fingerprint density at radius 2 is 1.62 bits per heavy atom. The summed E-state index contributed by atoms with van der Waals surface area (Å²) in [6.07, 6.45) is 0.731. The number of hydrogen-bond acceptors (Lipinski definition) is 3. The molecule has 156 valence electrons. The minimum atomic E-state index is -0.492. The molecule has 0 radical (unpaired) electrons. The number of nitrogens with zero attached hydrogens (tertiary/aromatic N) is 1. The second-order valence-electron chi connectivity index (χ2n) is 7.64. The second kappa shape index (κ2) is 11.7. The standard InChI is InChI=1S/C24H32N2O2S/c1-18(2)25-24(28)20(4)26(15-14-21-8-6-5-7-9-21)23(27)17-29-16-22-12-10-19(3)11-13-22/h5-13,18,20H,14-17H2,1-4H3,(H,25,28)/t20-/m0/s1. The van der Waals surface area contributed by atoms with E-state index in [-0.39, 0.29) is 17.9 Å². The first-order valence-electron chi connectivity index (χ1n) is 10.1. The summed E-state index contributed by atoms with van der Waals surface area (Å²) in [5.41, 5.74) is 3.59. The van der Waals surface area contributed by atoms with Gasteiger partial charge in [0.15, 0.2) is 0 Å². The summed E-state index contributed by atoms with van der Waals surface area (Å²) in [5.74, 6) is 1.04. The van der Waals surface area contributed by atoms with E-state index in [0.29, 0.717) is 12.3 Å². The van der Waals surface area contributed by atoms with Gasteiger partial charge < -0.3 is 10.2 Å². The molecule has 0 saturated heterocycles. The van der Waals surface area contributed by atoms with Gasteiger partial charge in [0.25, 0.3) is 0 Å². The van der Waals surface area contributed by atoms with E-state index >= 15 is 0 Å².